The summed E-state index contributed by atoms with van der Waals surface area (Å²) in [4.78, 5) is 26.1. The summed E-state index contributed by atoms with van der Waals surface area (Å²) in [6, 6.07) is 1.22. The van der Waals surface area contributed by atoms with Gasteiger partial charge in [-0.3, -0.25) is 14.9 Å². The van der Waals surface area contributed by atoms with Crippen molar-refractivity contribution in [2.45, 2.75) is 13.3 Å². The summed E-state index contributed by atoms with van der Waals surface area (Å²) in [5.41, 5.74) is -0.0489. The van der Waals surface area contributed by atoms with Gasteiger partial charge in [0.1, 0.15) is 12.0 Å². The van der Waals surface area contributed by atoms with Crippen LogP contribution in [0.1, 0.15) is 23.7 Å². The van der Waals surface area contributed by atoms with Crippen LogP contribution in [-0.4, -0.2) is 42.6 Å². The Hall–Kier alpha value is -2.22. The van der Waals surface area contributed by atoms with Gasteiger partial charge in [-0.2, -0.15) is 0 Å². The van der Waals surface area contributed by atoms with Crippen LogP contribution in [0.15, 0.2) is 12.3 Å². The molecule has 1 aromatic heterocycles. The van der Waals surface area contributed by atoms with Crippen molar-refractivity contribution in [3.8, 4) is 0 Å². The zero-order valence-electron chi connectivity index (χ0n) is 11.5. The number of ether oxygens (including phenoxy) is 1. The highest BCUT2D eigenvalue weighted by Gasteiger charge is 2.17. The lowest BCUT2D eigenvalue weighted by Gasteiger charge is -2.10. The SMILES string of the molecule is CCNc1ncc([N+](=O)[O-])cc1C(=O)NCCCOC. The molecule has 0 aliphatic rings. The van der Waals surface area contributed by atoms with Gasteiger partial charge in [0, 0.05) is 32.9 Å². The van der Waals surface area contributed by atoms with Gasteiger partial charge in [-0.25, -0.2) is 4.98 Å². The van der Waals surface area contributed by atoms with Gasteiger partial charge in [-0.05, 0) is 13.3 Å². The first-order chi connectivity index (χ1) is 9.60. The summed E-state index contributed by atoms with van der Waals surface area (Å²) in [6.45, 7) is 3.38. The predicted molar refractivity (Wildman–Crippen MR) is 73.9 cm³/mol. The molecule has 110 valence electrons. The Morgan fingerprint density at radius 2 is 2.30 bits per heavy atom. The van der Waals surface area contributed by atoms with Crippen molar-refractivity contribution in [3.05, 3.63) is 27.9 Å². The number of nitrogens with one attached hydrogen (secondary N) is 2. The van der Waals surface area contributed by atoms with Gasteiger partial charge in [0.05, 0.1) is 10.5 Å². The molecule has 0 aliphatic heterocycles. The molecule has 0 spiro atoms. The second-order valence-corrected chi connectivity index (χ2v) is 3.98. The van der Waals surface area contributed by atoms with E-state index in [4.69, 9.17) is 4.74 Å². The fourth-order valence-electron chi connectivity index (χ4n) is 1.55. The monoisotopic (exact) mass is 282 g/mol. The molecule has 0 saturated carbocycles. The van der Waals surface area contributed by atoms with Crippen LogP contribution in [-0.2, 0) is 4.74 Å². The summed E-state index contributed by atoms with van der Waals surface area (Å²) >= 11 is 0. The second-order valence-electron chi connectivity index (χ2n) is 3.98. The van der Waals surface area contributed by atoms with Crippen molar-refractivity contribution in [2.24, 2.45) is 0 Å². The van der Waals surface area contributed by atoms with Gasteiger partial charge in [0.15, 0.2) is 0 Å². The Labute approximate surface area is 116 Å². The number of methoxy groups -OCH3 is 1. The molecule has 0 aliphatic carbocycles. The van der Waals surface area contributed by atoms with Crippen LogP contribution in [0.25, 0.3) is 0 Å². The van der Waals surface area contributed by atoms with Crippen molar-refractivity contribution >= 4 is 17.4 Å². The molecule has 20 heavy (non-hydrogen) atoms. The average molecular weight is 282 g/mol. The largest absolute Gasteiger partial charge is 0.385 e. The van der Waals surface area contributed by atoms with Gasteiger partial charge in [-0.1, -0.05) is 0 Å². The maximum absolute atomic E-state index is 12.0. The average Bonchev–Trinajstić information content (AvgIpc) is 2.44. The number of nitro groups is 1. The van der Waals surface area contributed by atoms with Gasteiger partial charge < -0.3 is 15.4 Å². The Kier molecular flexibility index (Phi) is 6.38. The zero-order valence-corrected chi connectivity index (χ0v) is 11.5. The van der Waals surface area contributed by atoms with Crippen LogP contribution in [0.2, 0.25) is 0 Å². The maximum atomic E-state index is 12.0. The Bertz CT molecular complexity index is 479. The zero-order chi connectivity index (χ0) is 15.0. The van der Waals surface area contributed by atoms with Gasteiger partial charge in [0.2, 0.25) is 0 Å². The fraction of sp³-hybridized carbons (Fsp3) is 0.500. The number of rotatable bonds is 8. The number of nitrogens with zero attached hydrogens (tertiary/aromatic N) is 2. The van der Waals surface area contributed by atoms with E-state index >= 15 is 0 Å². The molecule has 0 atom stereocenters. The lowest BCUT2D eigenvalue weighted by molar-refractivity contribution is -0.385. The predicted octanol–water partition coefficient (Wildman–Crippen LogP) is 1.19. The summed E-state index contributed by atoms with van der Waals surface area (Å²) in [5.74, 6) is -0.0596. The molecule has 8 heteroatoms. The van der Waals surface area contributed by atoms with Crippen LogP contribution in [0.5, 0.6) is 0 Å². The number of hydrogen-bond donors (Lipinski definition) is 2. The van der Waals surface area contributed by atoms with Crippen LogP contribution < -0.4 is 10.6 Å². The molecular formula is C12H18N4O4. The van der Waals surface area contributed by atoms with E-state index < -0.39 is 10.8 Å². The molecular weight excluding hydrogens is 264 g/mol. The lowest BCUT2D eigenvalue weighted by Crippen LogP contribution is -2.26. The third-order valence-electron chi connectivity index (χ3n) is 2.48. The van der Waals surface area contributed by atoms with Crippen LogP contribution in [0.4, 0.5) is 11.5 Å². The van der Waals surface area contributed by atoms with Crippen molar-refractivity contribution in [2.75, 3.05) is 32.1 Å². The number of amides is 1. The fourth-order valence-corrected chi connectivity index (χ4v) is 1.55. The molecule has 8 nitrogen and oxygen atoms in total. The van der Waals surface area contributed by atoms with E-state index in [-0.39, 0.29) is 11.3 Å². The van der Waals surface area contributed by atoms with Gasteiger partial charge in [0.25, 0.3) is 11.6 Å². The third-order valence-corrected chi connectivity index (χ3v) is 2.48. The topological polar surface area (TPSA) is 106 Å². The molecule has 0 fully saturated rings. The number of hydrogen-bond acceptors (Lipinski definition) is 6. The Morgan fingerprint density at radius 3 is 2.90 bits per heavy atom. The number of carbonyl (C=O) groups is 1. The summed E-state index contributed by atoms with van der Waals surface area (Å²) in [7, 11) is 1.58. The molecule has 0 aromatic carbocycles. The molecule has 1 aromatic rings. The minimum Gasteiger partial charge on any atom is -0.385 e. The smallest absolute Gasteiger partial charge is 0.288 e. The van der Waals surface area contributed by atoms with Gasteiger partial charge >= 0.3 is 0 Å². The first kappa shape index (κ1) is 15.8. The molecule has 0 saturated heterocycles. The molecule has 0 unspecified atom stereocenters. The number of carbonyl (C=O) groups excluding carboxylic acids is 1. The van der Waals surface area contributed by atoms with E-state index in [1.807, 2.05) is 6.92 Å². The van der Waals surface area contributed by atoms with Crippen molar-refractivity contribution < 1.29 is 14.5 Å². The van der Waals surface area contributed by atoms with Crippen LogP contribution in [0, 0.1) is 10.1 Å². The first-order valence-corrected chi connectivity index (χ1v) is 6.25. The van der Waals surface area contributed by atoms with Crippen molar-refractivity contribution in [3.63, 3.8) is 0 Å². The number of aromatic nitrogens is 1. The van der Waals surface area contributed by atoms with E-state index in [2.05, 4.69) is 15.6 Å². The first-order valence-electron chi connectivity index (χ1n) is 6.25. The summed E-state index contributed by atoms with van der Waals surface area (Å²) < 4.78 is 4.88. The highest BCUT2D eigenvalue weighted by atomic mass is 16.6. The minimum absolute atomic E-state index is 0.165. The van der Waals surface area contributed by atoms with Crippen molar-refractivity contribution in [1.82, 2.24) is 10.3 Å². The molecule has 1 amide bonds. The van der Waals surface area contributed by atoms with Crippen molar-refractivity contribution in [1.29, 1.82) is 0 Å². The Morgan fingerprint density at radius 1 is 1.55 bits per heavy atom. The minimum atomic E-state index is -0.579. The molecule has 1 rings (SSSR count). The molecule has 1 heterocycles. The van der Waals surface area contributed by atoms with E-state index in [1.165, 1.54) is 6.07 Å². The summed E-state index contributed by atoms with van der Waals surface area (Å²) in [6.07, 6.45) is 1.79. The highest BCUT2D eigenvalue weighted by Crippen LogP contribution is 2.18. The highest BCUT2D eigenvalue weighted by molar-refractivity contribution is 5.99. The number of pyridine rings is 1. The third kappa shape index (κ3) is 4.47. The van der Waals surface area contributed by atoms with E-state index in [0.29, 0.717) is 31.9 Å². The quantitative estimate of drug-likeness (QED) is 0.421. The Balaban J connectivity index is 2.85. The number of anilines is 1. The lowest BCUT2D eigenvalue weighted by atomic mass is 10.2. The molecule has 2 N–H and O–H groups in total. The van der Waals surface area contributed by atoms with Crippen LogP contribution >= 0.6 is 0 Å². The normalized spacial score (nSPS) is 10.1. The molecule has 0 radical (unpaired) electrons. The van der Waals surface area contributed by atoms with Gasteiger partial charge in [-0.15, -0.1) is 0 Å². The van der Waals surface area contributed by atoms with Crippen LogP contribution in [0.3, 0.4) is 0 Å². The summed E-state index contributed by atoms with van der Waals surface area (Å²) in [5, 5.41) is 16.3. The van der Waals surface area contributed by atoms with E-state index in [1.54, 1.807) is 7.11 Å². The maximum Gasteiger partial charge on any atom is 0.288 e. The van der Waals surface area contributed by atoms with E-state index in [0.717, 1.165) is 6.20 Å². The van der Waals surface area contributed by atoms with E-state index in [9.17, 15) is 14.9 Å². The molecule has 0 bridgehead atoms. The second kappa shape index (κ2) is 8.05. The standard InChI is InChI=1S/C12H18N4O4/c1-3-13-11-10(7-9(8-15-11)16(18)19)12(17)14-5-4-6-20-2/h7-8H,3-6H2,1-2H3,(H,13,15)(H,14,17).